The smallest absolute Gasteiger partial charge is 0.339 e. The van der Waals surface area contributed by atoms with Gasteiger partial charge in [0.1, 0.15) is 5.75 Å². The molecule has 3 aromatic carbocycles. The second-order valence-electron chi connectivity index (χ2n) is 5.30. The molecule has 0 heterocycles. The van der Waals surface area contributed by atoms with Crippen LogP contribution < -0.4 is 15.5 Å². The van der Waals surface area contributed by atoms with Crippen molar-refractivity contribution in [1.82, 2.24) is 5.43 Å². The molecular formula is C19H16ClN3O2. The van der Waals surface area contributed by atoms with Gasteiger partial charge in [-0.3, -0.25) is 0 Å². The summed E-state index contributed by atoms with van der Waals surface area (Å²) in [6.45, 7) is 0. The number of rotatable bonds is 4. The first kappa shape index (κ1) is 16.8. The van der Waals surface area contributed by atoms with Crippen LogP contribution in [0.3, 0.4) is 0 Å². The molecule has 0 saturated carbocycles. The van der Waals surface area contributed by atoms with Crippen molar-refractivity contribution in [1.29, 1.82) is 0 Å². The van der Waals surface area contributed by atoms with Gasteiger partial charge in [0.2, 0.25) is 0 Å². The second kappa shape index (κ2) is 7.68. The van der Waals surface area contributed by atoms with E-state index in [4.69, 9.17) is 16.3 Å². The van der Waals surface area contributed by atoms with Crippen molar-refractivity contribution < 1.29 is 9.53 Å². The van der Waals surface area contributed by atoms with Crippen molar-refractivity contribution in [2.75, 3.05) is 12.4 Å². The van der Waals surface area contributed by atoms with Gasteiger partial charge in [0, 0.05) is 10.7 Å². The van der Waals surface area contributed by atoms with E-state index in [0.29, 0.717) is 10.7 Å². The molecule has 2 N–H and O–H groups in total. The maximum Gasteiger partial charge on any atom is 0.339 e. The molecule has 3 aromatic rings. The van der Waals surface area contributed by atoms with Crippen LogP contribution in [0.15, 0.2) is 65.8 Å². The topological polar surface area (TPSA) is 62.7 Å². The van der Waals surface area contributed by atoms with Gasteiger partial charge in [-0.25, -0.2) is 10.2 Å². The summed E-state index contributed by atoms with van der Waals surface area (Å²) in [6.07, 6.45) is 1.54. The summed E-state index contributed by atoms with van der Waals surface area (Å²) in [5, 5.41) is 9.33. The number of benzene rings is 3. The lowest BCUT2D eigenvalue weighted by atomic mass is 10.1. The Hall–Kier alpha value is -3.05. The Bertz CT molecular complexity index is 924. The molecule has 0 fully saturated rings. The van der Waals surface area contributed by atoms with E-state index in [2.05, 4.69) is 15.8 Å². The van der Waals surface area contributed by atoms with Gasteiger partial charge in [-0.2, -0.15) is 5.10 Å². The van der Waals surface area contributed by atoms with Crippen LogP contribution in [0, 0.1) is 0 Å². The molecule has 0 atom stereocenters. The monoisotopic (exact) mass is 353 g/mol. The third kappa shape index (κ3) is 4.49. The summed E-state index contributed by atoms with van der Waals surface area (Å²) < 4.78 is 5.20. The fraction of sp³-hybridized carbons (Fsp3) is 0.0526. The van der Waals surface area contributed by atoms with Gasteiger partial charge in [-0.1, -0.05) is 35.9 Å². The molecule has 2 amide bonds. The minimum Gasteiger partial charge on any atom is -0.497 e. The van der Waals surface area contributed by atoms with Crippen molar-refractivity contribution >= 4 is 40.3 Å². The third-order valence-electron chi connectivity index (χ3n) is 3.55. The summed E-state index contributed by atoms with van der Waals surface area (Å²) in [5.41, 5.74) is 3.94. The van der Waals surface area contributed by atoms with E-state index in [1.54, 1.807) is 25.5 Å². The molecule has 126 valence electrons. The first-order chi connectivity index (χ1) is 12.1. The van der Waals surface area contributed by atoms with Gasteiger partial charge in [-0.05, 0) is 52.7 Å². The fourth-order valence-corrected chi connectivity index (χ4v) is 2.43. The minimum atomic E-state index is -0.418. The summed E-state index contributed by atoms with van der Waals surface area (Å²) in [7, 11) is 1.63. The Balaban J connectivity index is 1.62. The number of methoxy groups -OCH3 is 1. The van der Waals surface area contributed by atoms with E-state index in [1.807, 2.05) is 48.5 Å². The van der Waals surface area contributed by atoms with E-state index >= 15 is 0 Å². The summed E-state index contributed by atoms with van der Waals surface area (Å²) in [6, 6.07) is 18.1. The zero-order chi connectivity index (χ0) is 17.6. The Morgan fingerprint density at radius 1 is 1.04 bits per heavy atom. The predicted octanol–water partition coefficient (Wildman–Crippen LogP) is 4.66. The summed E-state index contributed by atoms with van der Waals surface area (Å²) in [4.78, 5) is 11.9. The number of ether oxygens (including phenoxy) is 1. The quantitative estimate of drug-likeness (QED) is 0.529. The van der Waals surface area contributed by atoms with Crippen LogP contribution in [0.25, 0.3) is 10.8 Å². The van der Waals surface area contributed by atoms with Crippen molar-refractivity contribution in [3.8, 4) is 5.75 Å². The first-order valence-electron chi connectivity index (χ1n) is 7.57. The number of urea groups is 1. The molecule has 0 aliphatic carbocycles. The van der Waals surface area contributed by atoms with Gasteiger partial charge in [0.25, 0.3) is 0 Å². The number of anilines is 1. The van der Waals surface area contributed by atoms with E-state index in [9.17, 15) is 4.79 Å². The molecular weight excluding hydrogens is 338 g/mol. The lowest BCUT2D eigenvalue weighted by molar-refractivity contribution is 0.252. The lowest BCUT2D eigenvalue weighted by Crippen LogP contribution is -2.24. The Kier molecular flexibility index (Phi) is 5.16. The molecule has 0 spiro atoms. The van der Waals surface area contributed by atoms with E-state index in [-0.39, 0.29) is 0 Å². The van der Waals surface area contributed by atoms with E-state index in [0.717, 1.165) is 22.1 Å². The van der Waals surface area contributed by atoms with E-state index < -0.39 is 6.03 Å². The number of carbonyl (C=O) groups excluding carboxylic acids is 1. The Morgan fingerprint density at radius 3 is 2.52 bits per heavy atom. The van der Waals surface area contributed by atoms with Crippen molar-refractivity contribution in [3.63, 3.8) is 0 Å². The fourth-order valence-electron chi connectivity index (χ4n) is 2.30. The molecule has 3 rings (SSSR count). The number of nitrogens with zero attached hydrogens (tertiary/aromatic N) is 1. The van der Waals surface area contributed by atoms with Gasteiger partial charge in [0.05, 0.1) is 13.3 Å². The van der Waals surface area contributed by atoms with Gasteiger partial charge < -0.3 is 10.1 Å². The number of nitrogens with one attached hydrogen (secondary N) is 2. The number of halogens is 1. The Labute approximate surface area is 150 Å². The van der Waals surface area contributed by atoms with Gasteiger partial charge in [0.15, 0.2) is 0 Å². The van der Waals surface area contributed by atoms with Crippen LogP contribution in [-0.2, 0) is 0 Å². The SMILES string of the molecule is COc1ccc2cc(NC(=O)N/N=C\c3ccc(Cl)cc3)ccc2c1. The molecule has 0 saturated heterocycles. The standard InChI is InChI=1S/C19H16ClN3O2/c1-25-18-9-5-14-10-17(8-4-15(14)11-18)22-19(24)23-21-12-13-2-6-16(20)7-3-13/h2-12H,1H3,(H2,22,23,24)/b21-12-. The number of hydrazone groups is 1. The Morgan fingerprint density at radius 2 is 1.76 bits per heavy atom. The molecule has 0 radical (unpaired) electrons. The third-order valence-corrected chi connectivity index (χ3v) is 3.81. The van der Waals surface area contributed by atoms with Gasteiger partial charge in [-0.15, -0.1) is 0 Å². The number of carbonyl (C=O) groups is 1. The van der Waals surface area contributed by atoms with Crippen LogP contribution >= 0.6 is 11.6 Å². The van der Waals surface area contributed by atoms with Crippen LogP contribution in [0.2, 0.25) is 5.02 Å². The molecule has 25 heavy (non-hydrogen) atoms. The average Bonchev–Trinajstić information content (AvgIpc) is 2.63. The van der Waals surface area contributed by atoms with Crippen LogP contribution in [0.5, 0.6) is 5.75 Å². The molecule has 0 bridgehead atoms. The average molecular weight is 354 g/mol. The minimum absolute atomic E-state index is 0.418. The highest BCUT2D eigenvalue weighted by Gasteiger charge is 2.02. The van der Waals surface area contributed by atoms with Crippen LogP contribution in [-0.4, -0.2) is 19.4 Å². The van der Waals surface area contributed by atoms with Crippen LogP contribution in [0.1, 0.15) is 5.56 Å². The van der Waals surface area contributed by atoms with Gasteiger partial charge >= 0.3 is 6.03 Å². The molecule has 0 aliphatic heterocycles. The highest BCUT2D eigenvalue weighted by molar-refractivity contribution is 6.30. The molecule has 5 nitrogen and oxygen atoms in total. The van der Waals surface area contributed by atoms with Crippen molar-refractivity contribution in [2.45, 2.75) is 0 Å². The molecule has 0 aliphatic rings. The predicted molar refractivity (Wildman–Crippen MR) is 102 cm³/mol. The zero-order valence-corrected chi connectivity index (χ0v) is 14.2. The number of amides is 2. The maximum atomic E-state index is 11.9. The molecule has 0 unspecified atom stereocenters. The number of hydrogen-bond donors (Lipinski definition) is 2. The highest BCUT2D eigenvalue weighted by atomic mass is 35.5. The summed E-state index contributed by atoms with van der Waals surface area (Å²) in [5.74, 6) is 0.794. The van der Waals surface area contributed by atoms with Crippen molar-refractivity contribution in [2.24, 2.45) is 5.10 Å². The summed E-state index contributed by atoms with van der Waals surface area (Å²) >= 11 is 5.81. The normalized spacial score (nSPS) is 10.8. The largest absolute Gasteiger partial charge is 0.497 e. The number of fused-ring (bicyclic) bond motifs is 1. The van der Waals surface area contributed by atoms with Crippen molar-refractivity contribution in [3.05, 3.63) is 71.2 Å². The maximum absolute atomic E-state index is 11.9. The number of hydrogen-bond acceptors (Lipinski definition) is 3. The highest BCUT2D eigenvalue weighted by Crippen LogP contribution is 2.23. The molecule has 6 heteroatoms. The molecule has 0 aromatic heterocycles. The lowest BCUT2D eigenvalue weighted by Gasteiger charge is -2.07. The first-order valence-corrected chi connectivity index (χ1v) is 7.95. The second-order valence-corrected chi connectivity index (χ2v) is 5.74. The van der Waals surface area contributed by atoms with Crippen LogP contribution in [0.4, 0.5) is 10.5 Å². The zero-order valence-electron chi connectivity index (χ0n) is 13.5. The van der Waals surface area contributed by atoms with E-state index in [1.165, 1.54) is 0 Å².